The standard InChI is InChI=1S/C19H21N3O3/c23-19(16-6-2-1-3-7-16)21-12-10-15(11-13-21)14-20-17-8-4-5-9-18(17)22(24)25/h1-9,15,20H,10-14H2. The monoisotopic (exact) mass is 339 g/mol. The smallest absolute Gasteiger partial charge is 0.292 e. The number of benzene rings is 2. The first kappa shape index (κ1) is 17.0. The molecule has 1 fully saturated rings. The average molecular weight is 339 g/mol. The van der Waals surface area contributed by atoms with Crippen LogP contribution in [0.5, 0.6) is 0 Å². The molecule has 0 aromatic heterocycles. The van der Waals surface area contributed by atoms with Gasteiger partial charge in [0.05, 0.1) is 4.92 Å². The molecule has 0 atom stereocenters. The maximum atomic E-state index is 12.4. The lowest BCUT2D eigenvalue weighted by Gasteiger charge is -2.32. The Morgan fingerprint density at radius 3 is 2.40 bits per heavy atom. The molecular weight excluding hydrogens is 318 g/mol. The van der Waals surface area contributed by atoms with Gasteiger partial charge < -0.3 is 10.2 Å². The summed E-state index contributed by atoms with van der Waals surface area (Å²) in [4.78, 5) is 25.0. The van der Waals surface area contributed by atoms with Crippen LogP contribution in [0.3, 0.4) is 0 Å². The molecular formula is C19H21N3O3. The van der Waals surface area contributed by atoms with Crippen LogP contribution in [0.25, 0.3) is 0 Å². The van der Waals surface area contributed by atoms with E-state index in [1.807, 2.05) is 35.2 Å². The summed E-state index contributed by atoms with van der Waals surface area (Å²) in [5, 5.41) is 14.2. The van der Waals surface area contributed by atoms with Crippen molar-refractivity contribution in [3.8, 4) is 0 Å². The zero-order chi connectivity index (χ0) is 17.6. The van der Waals surface area contributed by atoms with Crippen molar-refractivity contribution >= 4 is 17.3 Å². The van der Waals surface area contributed by atoms with Gasteiger partial charge in [-0.05, 0) is 37.0 Å². The number of likely N-dealkylation sites (tertiary alicyclic amines) is 1. The molecule has 1 N–H and O–H groups in total. The van der Waals surface area contributed by atoms with Gasteiger partial charge in [0.15, 0.2) is 0 Å². The van der Waals surface area contributed by atoms with E-state index in [1.165, 1.54) is 6.07 Å². The first-order chi connectivity index (χ1) is 12.1. The van der Waals surface area contributed by atoms with Crippen LogP contribution < -0.4 is 5.32 Å². The zero-order valence-corrected chi connectivity index (χ0v) is 13.9. The van der Waals surface area contributed by atoms with Gasteiger partial charge in [-0.25, -0.2) is 0 Å². The molecule has 0 bridgehead atoms. The van der Waals surface area contributed by atoms with Crippen molar-refractivity contribution in [3.05, 3.63) is 70.3 Å². The van der Waals surface area contributed by atoms with E-state index in [-0.39, 0.29) is 16.5 Å². The second-order valence-corrected chi connectivity index (χ2v) is 6.26. The number of para-hydroxylation sites is 2. The van der Waals surface area contributed by atoms with Crippen molar-refractivity contribution in [3.63, 3.8) is 0 Å². The predicted octanol–water partition coefficient (Wildman–Crippen LogP) is 3.56. The van der Waals surface area contributed by atoms with E-state index in [0.29, 0.717) is 18.2 Å². The summed E-state index contributed by atoms with van der Waals surface area (Å²) >= 11 is 0. The Balaban J connectivity index is 1.52. The topological polar surface area (TPSA) is 75.5 Å². The summed E-state index contributed by atoms with van der Waals surface area (Å²) in [6, 6.07) is 16.0. The van der Waals surface area contributed by atoms with Gasteiger partial charge in [-0.1, -0.05) is 30.3 Å². The second-order valence-electron chi connectivity index (χ2n) is 6.26. The third-order valence-electron chi connectivity index (χ3n) is 4.60. The van der Waals surface area contributed by atoms with Crippen LogP contribution in [0.4, 0.5) is 11.4 Å². The molecule has 0 spiro atoms. The fraction of sp³-hybridized carbons (Fsp3) is 0.316. The van der Waals surface area contributed by atoms with Crippen molar-refractivity contribution in [2.75, 3.05) is 25.0 Å². The Bertz CT molecular complexity index is 741. The number of carbonyl (C=O) groups excluding carboxylic acids is 1. The fourth-order valence-electron chi connectivity index (χ4n) is 3.14. The maximum absolute atomic E-state index is 12.4. The van der Waals surface area contributed by atoms with Gasteiger partial charge in [-0.2, -0.15) is 0 Å². The highest BCUT2D eigenvalue weighted by molar-refractivity contribution is 5.94. The van der Waals surface area contributed by atoms with Gasteiger partial charge in [0.2, 0.25) is 0 Å². The summed E-state index contributed by atoms with van der Waals surface area (Å²) in [6.45, 7) is 2.12. The van der Waals surface area contributed by atoms with Crippen molar-refractivity contribution in [1.82, 2.24) is 4.90 Å². The minimum absolute atomic E-state index is 0.0747. The molecule has 6 heteroatoms. The normalized spacial score (nSPS) is 15.0. The molecule has 0 aliphatic carbocycles. The number of rotatable bonds is 5. The Hall–Kier alpha value is -2.89. The zero-order valence-electron chi connectivity index (χ0n) is 13.9. The molecule has 1 saturated heterocycles. The number of nitro groups is 1. The lowest BCUT2D eigenvalue weighted by atomic mass is 9.96. The molecule has 25 heavy (non-hydrogen) atoms. The van der Waals surface area contributed by atoms with Crippen molar-refractivity contribution in [2.24, 2.45) is 5.92 Å². The molecule has 0 unspecified atom stereocenters. The highest BCUT2D eigenvalue weighted by Gasteiger charge is 2.24. The largest absolute Gasteiger partial charge is 0.379 e. The lowest BCUT2D eigenvalue weighted by Crippen LogP contribution is -2.39. The average Bonchev–Trinajstić information content (AvgIpc) is 2.67. The molecule has 1 aliphatic heterocycles. The maximum Gasteiger partial charge on any atom is 0.292 e. The van der Waals surface area contributed by atoms with E-state index < -0.39 is 0 Å². The number of nitro benzene ring substituents is 1. The van der Waals surface area contributed by atoms with Gasteiger partial charge in [0.25, 0.3) is 11.6 Å². The quantitative estimate of drug-likeness (QED) is 0.667. The molecule has 6 nitrogen and oxygen atoms in total. The molecule has 1 aliphatic rings. The molecule has 0 radical (unpaired) electrons. The molecule has 3 rings (SSSR count). The van der Waals surface area contributed by atoms with E-state index in [0.717, 1.165) is 31.5 Å². The third kappa shape index (κ3) is 4.15. The van der Waals surface area contributed by atoms with Crippen LogP contribution in [-0.4, -0.2) is 35.4 Å². The Labute approximate surface area is 146 Å². The number of hydrogen-bond acceptors (Lipinski definition) is 4. The Morgan fingerprint density at radius 1 is 1.08 bits per heavy atom. The number of carbonyl (C=O) groups is 1. The lowest BCUT2D eigenvalue weighted by molar-refractivity contribution is -0.384. The number of piperidine rings is 1. The molecule has 2 aromatic rings. The van der Waals surface area contributed by atoms with Crippen molar-refractivity contribution < 1.29 is 9.72 Å². The summed E-state index contributed by atoms with van der Waals surface area (Å²) in [5.41, 5.74) is 1.37. The van der Waals surface area contributed by atoms with E-state index in [9.17, 15) is 14.9 Å². The molecule has 1 amide bonds. The van der Waals surface area contributed by atoms with Gasteiger partial charge in [0.1, 0.15) is 5.69 Å². The van der Waals surface area contributed by atoms with E-state index >= 15 is 0 Å². The number of nitrogens with zero attached hydrogens (tertiary/aromatic N) is 2. The minimum Gasteiger partial charge on any atom is -0.379 e. The highest BCUT2D eigenvalue weighted by Crippen LogP contribution is 2.25. The minimum atomic E-state index is -0.372. The predicted molar refractivity (Wildman–Crippen MR) is 96.7 cm³/mol. The highest BCUT2D eigenvalue weighted by atomic mass is 16.6. The molecule has 1 heterocycles. The van der Waals surface area contributed by atoms with E-state index in [2.05, 4.69) is 5.32 Å². The third-order valence-corrected chi connectivity index (χ3v) is 4.60. The van der Waals surface area contributed by atoms with Crippen LogP contribution in [-0.2, 0) is 0 Å². The fourth-order valence-corrected chi connectivity index (χ4v) is 3.14. The Kier molecular flexibility index (Phi) is 5.28. The summed E-state index contributed by atoms with van der Waals surface area (Å²) in [6.07, 6.45) is 1.79. The van der Waals surface area contributed by atoms with Crippen LogP contribution in [0.1, 0.15) is 23.2 Å². The van der Waals surface area contributed by atoms with Crippen molar-refractivity contribution in [1.29, 1.82) is 0 Å². The SMILES string of the molecule is O=C(c1ccccc1)N1CCC(CNc2ccccc2[N+](=O)[O-])CC1. The van der Waals surface area contributed by atoms with Crippen LogP contribution in [0, 0.1) is 16.0 Å². The molecule has 0 saturated carbocycles. The second kappa shape index (κ2) is 7.79. The molecule has 2 aromatic carbocycles. The summed E-state index contributed by atoms with van der Waals surface area (Å²) in [7, 11) is 0. The number of amides is 1. The van der Waals surface area contributed by atoms with Gasteiger partial charge in [0, 0.05) is 31.3 Å². The number of nitrogens with one attached hydrogen (secondary N) is 1. The van der Waals surface area contributed by atoms with Gasteiger partial charge >= 0.3 is 0 Å². The first-order valence-electron chi connectivity index (χ1n) is 8.47. The van der Waals surface area contributed by atoms with Crippen LogP contribution in [0.15, 0.2) is 54.6 Å². The number of anilines is 1. The Morgan fingerprint density at radius 2 is 1.72 bits per heavy atom. The van der Waals surface area contributed by atoms with Crippen LogP contribution in [0.2, 0.25) is 0 Å². The van der Waals surface area contributed by atoms with Crippen LogP contribution >= 0.6 is 0 Å². The van der Waals surface area contributed by atoms with Gasteiger partial charge in [-0.3, -0.25) is 14.9 Å². The van der Waals surface area contributed by atoms with Gasteiger partial charge in [-0.15, -0.1) is 0 Å². The first-order valence-corrected chi connectivity index (χ1v) is 8.47. The molecule has 130 valence electrons. The number of hydrogen-bond donors (Lipinski definition) is 1. The summed E-state index contributed by atoms with van der Waals surface area (Å²) < 4.78 is 0. The van der Waals surface area contributed by atoms with E-state index in [1.54, 1.807) is 18.2 Å². The van der Waals surface area contributed by atoms with Crippen molar-refractivity contribution in [2.45, 2.75) is 12.8 Å². The van der Waals surface area contributed by atoms with E-state index in [4.69, 9.17) is 0 Å². The summed E-state index contributed by atoms with van der Waals surface area (Å²) in [5.74, 6) is 0.477.